The molecule has 4 heteroatoms. The molecule has 0 amide bonds. The van der Waals surface area contributed by atoms with Gasteiger partial charge in [0.2, 0.25) is 0 Å². The first-order valence-electron chi connectivity index (χ1n) is 9.46. The molecule has 0 aliphatic carbocycles. The lowest BCUT2D eigenvalue weighted by molar-refractivity contribution is -0.143. The van der Waals surface area contributed by atoms with Gasteiger partial charge in [-0.25, -0.2) is 0 Å². The molecule has 0 atom stereocenters. The summed E-state index contributed by atoms with van der Waals surface area (Å²) in [7, 11) is 0. The number of aryl methyl sites for hydroxylation is 2. The maximum atomic E-state index is 11.9. The fourth-order valence-corrected chi connectivity index (χ4v) is 2.71. The number of esters is 2. The highest BCUT2D eigenvalue weighted by molar-refractivity contribution is 5.72. The van der Waals surface area contributed by atoms with Crippen molar-refractivity contribution in [2.45, 2.75) is 78.6 Å². The minimum atomic E-state index is -0.163. The molecule has 0 aliphatic rings. The van der Waals surface area contributed by atoms with E-state index in [9.17, 15) is 9.59 Å². The van der Waals surface area contributed by atoms with Crippen LogP contribution in [0, 0.1) is 13.8 Å². The maximum absolute atomic E-state index is 11.9. The minimum Gasteiger partial charge on any atom is -0.466 e. The zero-order chi connectivity index (χ0) is 18.5. The third-order valence-corrected chi connectivity index (χ3v) is 3.91. The Balaban J connectivity index is 2.02. The molecule has 0 spiro atoms. The van der Waals surface area contributed by atoms with Crippen LogP contribution in [-0.4, -0.2) is 18.5 Å². The Morgan fingerprint density at radius 1 is 0.800 bits per heavy atom. The molecule has 0 heterocycles. The number of rotatable bonds is 12. The first-order chi connectivity index (χ1) is 12.0. The highest BCUT2D eigenvalue weighted by atomic mass is 16.5. The first-order valence-corrected chi connectivity index (χ1v) is 9.46. The van der Waals surface area contributed by atoms with Crippen LogP contribution in [-0.2, 0) is 14.3 Å². The maximum Gasteiger partial charge on any atom is 0.311 e. The van der Waals surface area contributed by atoms with Gasteiger partial charge < -0.3 is 9.47 Å². The number of unbranched alkanes of at least 4 members (excludes halogenated alkanes) is 5. The summed E-state index contributed by atoms with van der Waals surface area (Å²) >= 11 is 0. The largest absolute Gasteiger partial charge is 0.466 e. The highest BCUT2D eigenvalue weighted by Gasteiger charge is 2.06. The van der Waals surface area contributed by atoms with E-state index in [4.69, 9.17) is 9.47 Å². The van der Waals surface area contributed by atoms with E-state index in [-0.39, 0.29) is 11.9 Å². The van der Waals surface area contributed by atoms with Gasteiger partial charge >= 0.3 is 11.9 Å². The van der Waals surface area contributed by atoms with Crippen molar-refractivity contribution in [3.63, 3.8) is 0 Å². The van der Waals surface area contributed by atoms with Gasteiger partial charge in [0.05, 0.1) is 6.61 Å². The summed E-state index contributed by atoms with van der Waals surface area (Å²) in [4.78, 5) is 23.2. The molecule has 25 heavy (non-hydrogen) atoms. The molecule has 140 valence electrons. The van der Waals surface area contributed by atoms with Gasteiger partial charge in [0.25, 0.3) is 0 Å². The molecule has 1 aromatic rings. The Labute approximate surface area is 151 Å². The van der Waals surface area contributed by atoms with Gasteiger partial charge in [-0.2, -0.15) is 0 Å². The molecule has 0 radical (unpaired) electrons. The van der Waals surface area contributed by atoms with Gasteiger partial charge in [-0.15, -0.1) is 0 Å². The van der Waals surface area contributed by atoms with Crippen LogP contribution < -0.4 is 4.74 Å². The van der Waals surface area contributed by atoms with Crippen LogP contribution in [0.2, 0.25) is 0 Å². The van der Waals surface area contributed by atoms with Crippen LogP contribution in [0.3, 0.4) is 0 Å². The van der Waals surface area contributed by atoms with Crippen LogP contribution in [0.4, 0.5) is 0 Å². The molecular formula is C21H32O4. The Hall–Kier alpha value is -1.84. The SMILES string of the molecule is CCCOC(=O)CCCCCCCCC(=O)Oc1cc(C)cc(C)c1. The summed E-state index contributed by atoms with van der Waals surface area (Å²) < 4.78 is 10.4. The van der Waals surface area contributed by atoms with Crippen LogP contribution in [0.25, 0.3) is 0 Å². The van der Waals surface area contributed by atoms with E-state index in [0.29, 0.717) is 25.2 Å². The topological polar surface area (TPSA) is 52.6 Å². The predicted octanol–water partition coefficient (Wildman–Crippen LogP) is 5.28. The van der Waals surface area contributed by atoms with Crippen molar-refractivity contribution in [1.82, 2.24) is 0 Å². The van der Waals surface area contributed by atoms with E-state index >= 15 is 0 Å². The van der Waals surface area contributed by atoms with Crippen LogP contribution in [0.5, 0.6) is 5.75 Å². The molecule has 1 rings (SSSR count). The van der Waals surface area contributed by atoms with Crippen molar-refractivity contribution < 1.29 is 19.1 Å². The third kappa shape index (κ3) is 10.6. The van der Waals surface area contributed by atoms with Crippen molar-refractivity contribution in [2.24, 2.45) is 0 Å². The molecule has 1 aromatic carbocycles. The zero-order valence-electron chi connectivity index (χ0n) is 15.9. The number of carbonyl (C=O) groups is 2. The minimum absolute atomic E-state index is 0.0871. The van der Waals surface area contributed by atoms with E-state index in [1.54, 1.807) is 0 Å². The number of benzene rings is 1. The summed E-state index contributed by atoms with van der Waals surface area (Å²) in [6.45, 7) is 6.50. The quantitative estimate of drug-likeness (QED) is 0.293. The Bertz CT molecular complexity index is 516. The van der Waals surface area contributed by atoms with Crippen molar-refractivity contribution >= 4 is 11.9 Å². The lowest BCUT2D eigenvalue weighted by Gasteiger charge is -2.07. The van der Waals surface area contributed by atoms with Crippen LogP contribution in [0.15, 0.2) is 18.2 Å². The van der Waals surface area contributed by atoms with E-state index in [2.05, 4.69) is 6.07 Å². The average molecular weight is 348 g/mol. The lowest BCUT2D eigenvalue weighted by Crippen LogP contribution is -2.07. The smallest absolute Gasteiger partial charge is 0.311 e. The first kappa shape index (κ1) is 21.2. The second-order valence-corrected chi connectivity index (χ2v) is 6.64. The van der Waals surface area contributed by atoms with Gasteiger partial charge in [0.15, 0.2) is 0 Å². The van der Waals surface area contributed by atoms with Gasteiger partial charge in [0.1, 0.15) is 5.75 Å². The highest BCUT2D eigenvalue weighted by Crippen LogP contribution is 2.17. The van der Waals surface area contributed by atoms with E-state index in [1.165, 1.54) is 0 Å². The fraction of sp³-hybridized carbons (Fsp3) is 0.619. The van der Waals surface area contributed by atoms with Crippen molar-refractivity contribution in [2.75, 3.05) is 6.61 Å². The zero-order valence-corrected chi connectivity index (χ0v) is 15.9. The Morgan fingerprint density at radius 2 is 1.32 bits per heavy atom. The van der Waals surface area contributed by atoms with Crippen molar-refractivity contribution in [3.05, 3.63) is 29.3 Å². The number of hydrogen-bond acceptors (Lipinski definition) is 4. The van der Waals surface area contributed by atoms with E-state index < -0.39 is 0 Å². The molecular weight excluding hydrogens is 316 g/mol. The Morgan fingerprint density at radius 3 is 1.88 bits per heavy atom. The molecule has 0 unspecified atom stereocenters. The molecule has 0 aromatic heterocycles. The Kier molecular flexibility index (Phi) is 10.6. The standard InChI is InChI=1S/C21H32O4/c1-4-13-24-20(22)11-9-7-5-6-8-10-12-21(23)25-19-15-17(2)14-18(3)16-19/h14-16H,4-13H2,1-3H3. The number of hydrogen-bond donors (Lipinski definition) is 0. The molecule has 0 N–H and O–H groups in total. The second kappa shape index (κ2) is 12.5. The van der Waals surface area contributed by atoms with Crippen molar-refractivity contribution in [3.8, 4) is 5.75 Å². The molecule has 4 nitrogen and oxygen atoms in total. The summed E-state index contributed by atoms with van der Waals surface area (Å²) in [5.74, 6) is 0.386. The number of carbonyl (C=O) groups excluding carboxylic acids is 2. The lowest BCUT2D eigenvalue weighted by atomic mass is 10.1. The summed E-state index contributed by atoms with van der Waals surface area (Å²) in [6, 6.07) is 5.83. The second-order valence-electron chi connectivity index (χ2n) is 6.64. The molecule has 0 saturated carbocycles. The average Bonchev–Trinajstić information content (AvgIpc) is 2.54. The van der Waals surface area contributed by atoms with E-state index in [0.717, 1.165) is 56.1 Å². The predicted molar refractivity (Wildman–Crippen MR) is 99.7 cm³/mol. The van der Waals surface area contributed by atoms with Crippen LogP contribution >= 0.6 is 0 Å². The monoisotopic (exact) mass is 348 g/mol. The summed E-state index contributed by atoms with van der Waals surface area (Å²) in [5.41, 5.74) is 2.20. The fourth-order valence-electron chi connectivity index (χ4n) is 2.71. The van der Waals surface area contributed by atoms with Gasteiger partial charge in [-0.1, -0.05) is 38.7 Å². The number of ether oxygens (including phenoxy) is 2. The normalized spacial score (nSPS) is 10.5. The summed E-state index contributed by atoms with van der Waals surface area (Å²) in [5, 5.41) is 0. The van der Waals surface area contributed by atoms with Gasteiger partial charge in [-0.05, 0) is 56.4 Å². The van der Waals surface area contributed by atoms with Gasteiger partial charge in [0, 0.05) is 12.8 Å². The summed E-state index contributed by atoms with van der Waals surface area (Å²) in [6.07, 6.45) is 7.81. The molecule has 0 bridgehead atoms. The molecule has 0 saturated heterocycles. The molecule has 0 fully saturated rings. The third-order valence-electron chi connectivity index (χ3n) is 3.91. The molecule has 0 aliphatic heterocycles. The van der Waals surface area contributed by atoms with Gasteiger partial charge in [-0.3, -0.25) is 9.59 Å². The van der Waals surface area contributed by atoms with Crippen molar-refractivity contribution in [1.29, 1.82) is 0 Å². The van der Waals surface area contributed by atoms with E-state index in [1.807, 2.05) is 32.9 Å². The van der Waals surface area contributed by atoms with Crippen LogP contribution in [0.1, 0.15) is 75.8 Å².